The van der Waals surface area contributed by atoms with Gasteiger partial charge in [0.15, 0.2) is 11.5 Å². The number of ether oxygens (including phenoxy) is 2. The Morgan fingerprint density at radius 1 is 1.00 bits per heavy atom. The summed E-state index contributed by atoms with van der Waals surface area (Å²) >= 11 is 0. The van der Waals surface area contributed by atoms with E-state index in [0.717, 1.165) is 40.3 Å². The Balaban J connectivity index is 1.88. The lowest BCUT2D eigenvalue weighted by Crippen LogP contribution is -2.27. The topological polar surface area (TPSA) is 46.6 Å². The number of pyridine rings is 1. The van der Waals surface area contributed by atoms with Crippen molar-refractivity contribution in [1.82, 2.24) is 9.88 Å². The van der Waals surface area contributed by atoms with Gasteiger partial charge in [0.1, 0.15) is 0 Å². The van der Waals surface area contributed by atoms with Gasteiger partial charge in [-0.05, 0) is 50.8 Å². The van der Waals surface area contributed by atoms with Gasteiger partial charge in [0.05, 0.1) is 25.8 Å². The molecule has 3 aromatic rings. The molecule has 0 aliphatic rings. The van der Waals surface area contributed by atoms with Crippen LogP contribution < -0.4 is 14.8 Å². The van der Waals surface area contributed by atoms with E-state index in [2.05, 4.69) is 47.5 Å². The summed E-state index contributed by atoms with van der Waals surface area (Å²) in [6.07, 6.45) is 0. The molecule has 0 fully saturated rings. The maximum atomic E-state index is 5.47. The molecule has 1 aromatic heterocycles. The molecule has 0 bridgehead atoms. The molecule has 0 saturated heterocycles. The van der Waals surface area contributed by atoms with Crippen molar-refractivity contribution in [1.29, 1.82) is 0 Å². The van der Waals surface area contributed by atoms with Crippen LogP contribution in [0.4, 0.5) is 5.69 Å². The van der Waals surface area contributed by atoms with Gasteiger partial charge in [0.25, 0.3) is 0 Å². The predicted octanol–water partition coefficient (Wildman–Crippen LogP) is 4.28. The van der Waals surface area contributed by atoms with E-state index in [1.807, 2.05) is 37.3 Å². The minimum Gasteiger partial charge on any atom is -0.493 e. The predicted molar refractivity (Wildman–Crippen MR) is 111 cm³/mol. The molecule has 0 radical (unpaired) electrons. The molecule has 0 amide bonds. The van der Waals surface area contributed by atoms with Gasteiger partial charge >= 0.3 is 0 Å². The van der Waals surface area contributed by atoms with Gasteiger partial charge in [-0.15, -0.1) is 0 Å². The molecule has 1 unspecified atom stereocenters. The Morgan fingerprint density at radius 2 is 1.74 bits per heavy atom. The summed E-state index contributed by atoms with van der Waals surface area (Å²) in [7, 11) is 7.48. The first-order chi connectivity index (χ1) is 13.0. The van der Waals surface area contributed by atoms with Crippen LogP contribution >= 0.6 is 0 Å². The molecule has 2 aromatic carbocycles. The molecule has 142 valence electrons. The lowest BCUT2D eigenvalue weighted by Gasteiger charge is -2.26. The van der Waals surface area contributed by atoms with Gasteiger partial charge in [-0.1, -0.05) is 24.3 Å². The standard InChI is InChI=1S/C22H27N3O2/c1-15-12-19(17-8-6-7-9-18(17)24-15)23-14-20(25(2)3)16-10-11-21(26-4)22(13-16)27-5/h6-13,20H,14H2,1-5H3,(H,23,24). The summed E-state index contributed by atoms with van der Waals surface area (Å²) in [6, 6.07) is 16.6. The molecule has 0 aliphatic carbocycles. The Morgan fingerprint density at radius 3 is 2.44 bits per heavy atom. The van der Waals surface area contributed by atoms with Crippen LogP contribution in [0.15, 0.2) is 48.5 Å². The largest absolute Gasteiger partial charge is 0.493 e. The third-order valence-electron chi connectivity index (χ3n) is 4.75. The number of likely N-dealkylation sites (N-methyl/N-ethyl adjacent to an activating group) is 1. The average molecular weight is 365 g/mol. The van der Waals surface area contributed by atoms with Gasteiger partial charge in [0.2, 0.25) is 0 Å². The second-order valence-electron chi connectivity index (χ2n) is 6.80. The lowest BCUT2D eigenvalue weighted by atomic mass is 10.0. The number of hydrogen-bond donors (Lipinski definition) is 1. The normalized spacial score (nSPS) is 12.2. The van der Waals surface area contributed by atoms with Crippen LogP contribution in [0.3, 0.4) is 0 Å². The average Bonchev–Trinajstić information content (AvgIpc) is 2.67. The van der Waals surface area contributed by atoms with Crippen LogP contribution in [0.5, 0.6) is 11.5 Å². The van der Waals surface area contributed by atoms with E-state index in [1.165, 1.54) is 5.56 Å². The summed E-state index contributed by atoms with van der Waals surface area (Å²) < 4.78 is 10.8. The van der Waals surface area contributed by atoms with Gasteiger partial charge in [0, 0.05) is 23.3 Å². The number of benzene rings is 2. The second-order valence-corrected chi connectivity index (χ2v) is 6.80. The minimum atomic E-state index is 0.178. The summed E-state index contributed by atoms with van der Waals surface area (Å²) in [4.78, 5) is 6.82. The van der Waals surface area contributed by atoms with E-state index in [0.29, 0.717) is 0 Å². The highest BCUT2D eigenvalue weighted by Gasteiger charge is 2.17. The molecule has 1 N–H and O–H groups in total. The van der Waals surface area contributed by atoms with Crippen molar-refractivity contribution in [3.8, 4) is 11.5 Å². The van der Waals surface area contributed by atoms with Crippen LogP contribution in [-0.4, -0.2) is 44.7 Å². The SMILES string of the molecule is COc1ccc(C(CNc2cc(C)nc3ccccc23)N(C)C)cc1OC. The Hall–Kier alpha value is -2.79. The number of methoxy groups -OCH3 is 2. The van der Waals surface area contributed by atoms with Gasteiger partial charge in [-0.3, -0.25) is 4.98 Å². The molecule has 5 nitrogen and oxygen atoms in total. The number of fused-ring (bicyclic) bond motifs is 1. The molecule has 27 heavy (non-hydrogen) atoms. The van der Waals surface area contributed by atoms with Crippen molar-refractivity contribution in [2.75, 3.05) is 40.2 Å². The number of rotatable bonds is 7. The first-order valence-electron chi connectivity index (χ1n) is 9.02. The Bertz CT molecular complexity index is 925. The van der Waals surface area contributed by atoms with E-state index in [-0.39, 0.29) is 6.04 Å². The van der Waals surface area contributed by atoms with Crippen LogP contribution in [0.25, 0.3) is 10.9 Å². The van der Waals surface area contributed by atoms with Crippen LogP contribution in [0.2, 0.25) is 0 Å². The van der Waals surface area contributed by atoms with Crippen molar-refractivity contribution >= 4 is 16.6 Å². The van der Waals surface area contributed by atoms with Crippen molar-refractivity contribution in [2.45, 2.75) is 13.0 Å². The summed E-state index contributed by atoms with van der Waals surface area (Å²) in [5.74, 6) is 1.48. The summed E-state index contributed by atoms with van der Waals surface area (Å²) in [5, 5.41) is 4.75. The fourth-order valence-electron chi connectivity index (χ4n) is 3.32. The van der Waals surface area contributed by atoms with Crippen LogP contribution in [-0.2, 0) is 0 Å². The lowest BCUT2D eigenvalue weighted by molar-refractivity contribution is 0.308. The van der Waals surface area contributed by atoms with Gasteiger partial charge in [-0.2, -0.15) is 0 Å². The van der Waals surface area contributed by atoms with Crippen molar-refractivity contribution in [3.63, 3.8) is 0 Å². The maximum absolute atomic E-state index is 5.47. The number of aryl methyl sites for hydroxylation is 1. The highest BCUT2D eigenvalue weighted by molar-refractivity contribution is 5.91. The van der Waals surface area contributed by atoms with Crippen molar-refractivity contribution < 1.29 is 9.47 Å². The number of aromatic nitrogens is 1. The fourth-order valence-corrected chi connectivity index (χ4v) is 3.32. The van der Waals surface area contributed by atoms with Crippen molar-refractivity contribution in [3.05, 3.63) is 59.8 Å². The molecule has 0 saturated carbocycles. The zero-order valence-corrected chi connectivity index (χ0v) is 16.6. The zero-order chi connectivity index (χ0) is 19.4. The van der Waals surface area contributed by atoms with Gasteiger partial charge in [-0.25, -0.2) is 0 Å². The van der Waals surface area contributed by atoms with E-state index in [4.69, 9.17) is 9.47 Å². The highest BCUT2D eigenvalue weighted by Crippen LogP contribution is 2.32. The van der Waals surface area contributed by atoms with Crippen LogP contribution in [0, 0.1) is 6.92 Å². The first-order valence-corrected chi connectivity index (χ1v) is 9.02. The number of nitrogens with one attached hydrogen (secondary N) is 1. The second kappa shape index (κ2) is 8.27. The third-order valence-corrected chi connectivity index (χ3v) is 4.75. The molecular weight excluding hydrogens is 338 g/mol. The number of anilines is 1. The van der Waals surface area contributed by atoms with Crippen LogP contribution in [0.1, 0.15) is 17.3 Å². The quantitative estimate of drug-likeness (QED) is 0.677. The van der Waals surface area contributed by atoms with Gasteiger partial charge < -0.3 is 19.7 Å². The van der Waals surface area contributed by atoms with E-state index >= 15 is 0 Å². The number of nitrogens with zero attached hydrogens (tertiary/aromatic N) is 2. The zero-order valence-electron chi connectivity index (χ0n) is 16.6. The number of hydrogen-bond acceptors (Lipinski definition) is 5. The molecule has 0 spiro atoms. The Labute approximate surface area is 160 Å². The molecule has 5 heteroatoms. The molecule has 1 atom stereocenters. The molecule has 3 rings (SSSR count). The molecule has 1 heterocycles. The monoisotopic (exact) mass is 365 g/mol. The van der Waals surface area contributed by atoms with E-state index in [1.54, 1.807) is 14.2 Å². The van der Waals surface area contributed by atoms with E-state index < -0.39 is 0 Å². The number of para-hydroxylation sites is 1. The maximum Gasteiger partial charge on any atom is 0.161 e. The summed E-state index contributed by atoms with van der Waals surface area (Å²) in [6.45, 7) is 2.78. The van der Waals surface area contributed by atoms with Crippen molar-refractivity contribution in [2.24, 2.45) is 0 Å². The first kappa shape index (κ1) is 19.0. The smallest absolute Gasteiger partial charge is 0.161 e. The summed E-state index contributed by atoms with van der Waals surface area (Å²) in [5.41, 5.74) is 4.28. The Kier molecular flexibility index (Phi) is 5.81. The molecule has 0 aliphatic heterocycles. The third kappa shape index (κ3) is 4.14. The van der Waals surface area contributed by atoms with E-state index in [9.17, 15) is 0 Å². The minimum absolute atomic E-state index is 0.178. The highest BCUT2D eigenvalue weighted by atomic mass is 16.5. The molecular formula is C22H27N3O2. The fraction of sp³-hybridized carbons (Fsp3) is 0.318.